The molecule has 0 aliphatic carbocycles. The van der Waals surface area contributed by atoms with Crippen molar-refractivity contribution in [2.24, 2.45) is 0 Å². The number of aryl methyl sites for hydroxylation is 4. The summed E-state index contributed by atoms with van der Waals surface area (Å²) < 4.78 is 0. The molecule has 0 radical (unpaired) electrons. The molecule has 0 atom stereocenters. The average Bonchev–Trinajstić information content (AvgIpc) is 3.25. The van der Waals surface area contributed by atoms with Gasteiger partial charge in [0.15, 0.2) is 0 Å². The standard InChI is InChI=1S/C30H33O2P.C24H26O2/c1-19-17-27(21(3)23(5)29(19)31)33(25-13-9-7-10-14-25,26-15-11-8-12-16-26)28-18-20(2)30(32)24(6)22(28)4;1-13-11-21(15(3)17(5)23(13)25)19-7-9-20(10-8-19)22-12-14(2)24(26)18(6)16(22)4/h7-18,31-33H,1-6H3;7-12,25-26H,1-6H3. The summed E-state index contributed by atoms with van der Waals surface area (Å²) in [6.07, 6.45) is 0. The monoisotopic (exact) mass is 802 g/mol. The van der Waals surface area contributed by atoms with Crippen LogP contribution in [0.15, 0.2) is 109 Å². The molecule has 0 aliphatic heterocycles. The molecule has 7 aromatic carbocycles. The molecule has 0 fully saturated rings. The van der Waals surface area contributed by atoms with Gasteiger partial charge in [-0.3, -0.25) is 0 Å². The number of rotatable bonds is 6. The van der Waals surface area contributed by atoms with Gasteiger partial charge in [-0.05, 0) is 109 Å². The van der Waals surface area contributed by atoms with Crippen LogP contribution in [0.5, 0.6) is 23.0 Å². The van der Waals surface area contributed by atoms with Crippen LogP contribution in [0, 0.1) is 83.1 Å². The van der Waals surface area contributed by atoms with E-state index in [2.05, 4.69) is 125 Å². The summed E-state index contributed by atoms with van der Waals surface area (Å²) in [4.78, 5) is 0. The van der Waals surface area contributed by atoms with E-state index in [9.17, 15) is 20.4 Å². The number of phenols is 4. The molecule has 0 heterocycles. The van der Waals surface area contributed by atoms with Gasteiger partial charge >= 0.3 is 198 Å². The Morgan fingerprint density at radius 3 is 0.881 bits per heavy atom. The topological polar surface area (TPSA) is 80.9 Å². The summed E-state index contributed by atoms with van der Waals surface area (Å²) in [6, 6.07) is 38.6. The van der Waals surface area contributed by atoms with Gasteiger partial charge in [0.05, 0.1) is 0 Å². The van der Waals surface area contributed by atoms with Gasteiger partial charge in [0.1, 0.15) is 11.5 Å². The fourth-order valence-corrected chi connectivity index (χ4v) is 14.4. The van der Waals surface area contributed by atoms with E-state index >= 15 is 0 Å². The summed E-state index contributed by atoms with van der Waals surface area (Å²) in [5.41, 5.74) is 16.3. The fraction of sp³-hybridized carbons (Fsp3) is 0.222. The maximum absolute atomic E-state index is 10.8. The first-order valence-electron chi connectivity index (χ1n) is 20.3. The zero-order valence-corrected chi connectivity index (χ0v) is 37.7. The van der Waals surface area contributed by atoms with Crippen LogP contribution in [0.3, 0.4) is 0 Å². The molecule has 5 heteroatoms. The summed E-state index contributed by atoms with van der Waals surface area (Å²) in [6.45, 7) is 24.1. The van der Waals surface area contributed by atoms with Gasteiger partial charge in [-0.2, -0.15) is 0 Å². The zero-order chi connectivity index (χ0) is 43.1. The van der Waals surface area contributed by atoms with Crippen LogP contribution >= 0.6 is 7.26 Å². The quantitative estimate of drug-likeness (QED) is 0.126. The first kappa shape index (κ1) is 42.8. The second kappa shape index (κ2) is 16.8. The van der Waals surface area contributed by atoms with Crippen molar-refractivity contribution in [3.8, 4) is 45.3 Å². The number of aromatic hydroxyl groups is 4. The molecular formula is C54H59O4P. The third kappa shape index (κ3) is 7.52. The molecule has 7 aromatic rings. The Bertz CT molecular complexity index is 2510. The molecule has 0 bridgehead atoms. The fourth-order valence-electron chi connectivity index (χ4n) is 8.79. The number of hydrogen-bond donors (Lipinski definition) is 4. The van der Waals surface area contributed by atoms with Gasteiger partial charge in [-0.1, -0.05) is 24.3 Å². The van der Waals surface area contributed by atoms with Crippen molar-refractivity contribution in [1.82, 2.24) is 0 Å². The second-order valence-electron chi connectivity index (χ2n) is 16.4. The van der Waals surface area contributed by atoms with Gasteiger partial charge in [-0.25, -0.2) is 0 Å². The number of benzene rings is 7. The molecule has 0 saturated heterocycles. The molecule has 0 aromatic heterocycles. The second-order valence-corrected chi connectivity index (χ2v) is 20.1. The zero-order valence-electron chi connectivity index (χ0n) is 36.7. The molecule has 0 aliphatic rings. The van der Waals surface area contributed by atoms with E-state index in [4.69, 9.17) is 0 Å². The predicted octanol–water partition coefficient (Wildman–Crippen LogP) is 11.6. The van der Waals surface area contributed by atoms with Gasteiger partial charge < -0.3 is 10.2 Å². The first-order chi connectivity index (χ1) is 27.9. The van der Waals surface area contributed by atoms with Crippen molar-refractivity contribution in [2.45, 2.75) is 83.1 Å². The maximum atomic E-state index is 10.8. The molecule has 59 heavy (non-hydrogen) atoms. The van der Waals surface area contributed by atoms with E-state index < -0.39 is 7.26 Å². The number of hydrogen-bond acceptors (Lipinski definition) is 4. The van der Waals surface area contributed by atoms with Crippen molar-refractivity contribution in [3.63, 3.8) is 0 Å². The molecule has 0 amide bonds. The molecule has 4 N–H and O–H groups in total. The Morgan fingerprint density at radius 1 is 0.305 bits per heavy atom. The van der Waals surface area contributed by atoms with E-state index in [-0.39, 0.29) is 0 Å². The Kier molecular flexibility index (Phi) is 12.2. The Labute approximate surface area is 351 Å². The minimum absolute atomic E-state index is 0.370. The van der Waals surface area contributed by atoms with E-state index in [0.717, 1.165) is 89.0 Å². The van der Waals surface area contributed by atoms with Crippen LogP contribution in [-0.4, -0.2) is 20.4 Å². The van der Waals surface area contributed by atoms with E-state index in [1.165, 1.54) is 21.2 Å². The molecule has 0 spiro atoms. The molecular weight excluding hydrogens is 744 g/mol. The summed E-state index contributed by atoms with van der Waals surface area (Å²) >= 11 is 0. The van der Waals surface area contributed by atoms with E-state index in [1.54, 1.807) is 0 Å². The SMILES string of the molecule is Cc1cc(-c2ccc(-c3cc(C)c(O)c(C)c3C)cc2)c(C)c(C)c1O.Cc1cc([PH](c2ccccc2)(c2ccccc2)c2cc(C)c(O)c(C)c2C)c(C)c(C)c1O. The van der Waals surface area contributed by atoms with Gasteiger partial charge in [-0.15, -0.1) is 0 Å². The third-order valence-electron chi connectivity index (χ3n) is 13.0. The molecule has 0 saturated carbocycles. The summed E-state index contributed by atoms with van der Waals surface area (Å²) in [5.74, 6) is 1.51. The van der Waals surface area contributed by atoms with Gasteiger partial charge in [0.2, 0.25) is 0 Å². The van der Waals surface area contributed by atoms with E-state index in [1.807, 2.05) is 67.5 Å². The van der Waals surface area contributed by atoms with Gasteiger partial charge in [0, 0.05) is 0 Å². The molecule has 0 unspecified atom stereocenters. The van der Waals surface area contributed by atoms with Crippen molar-refractivity contribution in [2.75, 3.05) is 0 Å². The summed E-state index contributed by atoms with van der Waals surface area (Å²) in [7, 11) is -2.78. The van der Waals surface area contributed by atoms with Crippen molar-refractivity contribution < 1.29 is 20.4 Å². The molecule has 7 rings (SSSR count). The van der Waals surface area contributed by atoms with Crippen LogP contribution in [0.25, 0.3) is 22.3 Å². The Morgan fingerprint density at radius 2 is 0.576 bits per heavy atom. The average molecular weight is 803 g/mol. The first-order valence-corrected chi connectivity index (χ1v) is 22.3. The van der Waals surface area contributed by atoms with Crippen LogP contribution in [0.4, 0.5) is 0 Å². The molecule has 304 valence electrons. The predicted molar refractivity (Wildman–Crippen MR) is 253 cm³/mol. The van der Waals surface area contributed by atoms with Crippen molar-refractivity contribution in [3.05, 3.63) is 176 Å². The van der Waals surface area contributed by atoms with Crippen molar-refractivity contribution >= 4 is 28.5 Å². The Balaban J connectivity index is 0.000000204. The minimum atomic E-state index is -2.78. The summed E-state index contributed by atoms with van der Waals surface area (Å²) in [5, 5.41) is 46.9. The third-order valence-corrected chi connectivity index (χ3v) is 18.0. The Hall–Kier alpha value is -5.83. The van der Waals surface area contributed by atoms with E-state index in [0.29, 0.717) is 23.0 Å². The molecule has 4 nitrogen and oxygen atoms in total. The van der Waals surface area contributed by atoms with Crippen LogP contribution < -0.4 is 21.2 Å². The van der Waals surface area contributed by atoms with Gasteiger partial charge in [0.25, 0.3) is 0 Å². The number of phenolic OH excluding ortho intramolecular Hbond substituents is 4. The van der Waals surface area contributed by atoms with Crippen LogP contribution in [0.1, 0.15) is 66.8 Å². The van der Waals surface area contributed by atoms with Crippen LogP contribution in [0.2, 0.25) is 0 Å². The normalized spacial score (nSPS) is 11.6. The van der Waals surface area contributed by atoms with Crippen LogP contribution in [-0.2, 0) is 0 Å². The van der Waals surface area contributed by atoms with Crippen molar-refractivity contribution in [1.29, 1.82) is 0 Å².